The number of alkyl halides is 1. The third-order valence-corrected chi connectivity index (χ3v) is 5.49. The van der Waals surface area contributed by atoms with Gasteiger partial charge in [-0.1, -0.05) is 19.8 Å². The van der Waals surface area contributed by atoms with Crippen LogP contribution in [0.15, 0.2) is 0 Å². The number of hydrogen-bond donors (Lipinski definition) is 0. The lowest BCUT2D eigenvalue weighted by Crippen LogP contribution is -2.48. The first-order valence-corrected chi connectivity index (χ1v) is 7.83. The van der Waals surface area contributed by atoms with Crippen LogP contribution < -0.4 is 0 Å². The first-order chi connectivity index (χ1) is 8.69. The van der Waals surface area contributed by atoms with E-state index in [-0.39, 0.29) is 5.38 Å². The Labute approximate surface area is 115 Å². The lowest BCUT2D eigenvalue weighted by atomic mass is 9.70. The number of ketones is 1. The number of rotatable bonds is 7. The van der Waals surface area contributed by atoms with Crippen molar-refractivity contribution in [3.63, 3.8) is 0 Å². The fourth-order valence-electron chi connectivity index (χ4n) is 3.75. The molecule has 0 bridgehead atoms. The number of Topliss-reactive ketones (excluding diaryl/α,β-unsaturated/α-hetero) is 1. The summed E-state index contributed by atoms with van der Waals surface area (Å²) in [5, 5.41) is -0.155. The van der Waals surface area contributed by atoms with E-state index in [1.54, 1.807) is 7.11 Å². The predicted octanol–water partition coefficient (Wildman–Crippen LogP) is 3.80. The maximum atomic E-state index is 11.7. The second-order valence-corrected chi connectivity index (χ2v) is 6.35. The monoisotopic (exact) mass is 272 g/mol. The Balaban J connectivity index is 1.65. The number of fused-ring (bicyclic) bond motifs is 1. The molecule has 0 aromatic heterocycles. The molecule has 5 unspecified atom stereocenters. The average Bonchev–Trinajstić information content (AvgIpc) is 2.78. The molecule has 2 saturated carbocycles. The normalized spacial score (nSPS) is 36.3. The highest BCUT2D eigenvalue weighted by Gasteiger charge is 2.54. The Morgan fingerprint density at radius 1 is 1.39 bits per heavy atom. The summed E-state index contributed by atoms with van der Waals surface area (Å²) in [6, 6.07) is 0. The number of unbranched alkanes of at least 4 members (excludes halogenated alkanes) is 1. The van der Waals surface area contributed by atoms with Crippen LogP contribution in [0.5, 0.6) is 0 Å². The highest BCUT2D eigenvalue weighted by Crippen LogP contribution is 2.51. The zero-order valence-electron chi connectivity index (χ0n) is 11.5. The summed E-state index contributed by atoms with van der Waals surface area (Å²) in [4.78, 5) is 11.7. The first-order valence-electron chi connectivity index (χ1n) is 7.39. The minimum atomic E-state index is -0.155. The van der Waals surface area contributed by atoms with Crippen molar-refractivity contribution >= 4 is 17.4 Å². The Hall–Kier alpha value is -0.0800. The smallest absolute Gasteiger partial charge is 0.154 e. The third-order valence-electron chi connectivity index (χ3n) is 4.96. The quantitative estimate of drug-likeness (QED) is 0.520. The van der Waals surface area contributed by atoms with Crippen molar-refractivity contribution in [2.24, 2.45) is 17.8 Å². The van der Waals surface area contributed by atoms with Crippen LogP contribution in [-0.4, -0.2) is 24.4 Å². The Morgan fingerprint density at radius 3 is 2.83 bits per heavy atom. The molecule has 0 spiro atoms. The largest absolute Gasteiger partial charge is 0.381 e. The molecule has 0 aromatic rings. The Kier molecular flexibility index (Phi) is 5.08. The molecular formula is C15H25ClO2. The molecule has 0 aliphatic heterocycles. The SMILES string of the molecule is CCC(CCCCC1CCC2C(Cl)C(=O)C12)OC. The minimum absolute atomic E-state index is 0.155. The van der Waals surface area contributed by atoms with E-state index in [2.05, 4.69) is 6.92 Å². The summed E-state index contributed by atoms with van der Waals surface area (Å²) >= 11 is 6.04. The van der Waals surface area contributed by atoms with Gasteiger partial charge in [0.05, 0.1) is 11.5 Å². The zero-order chi connectivity index (χ0) is 13.1. The van der Waals surface area contributed by atoms with Crippen LogP contribution in [0.4, 0.5) is 0 Å². The molecule has 104 valence electrons. The van der Waals surface area contributed by atoms with E-state index >= 15 is 0 Å². The van der Waals surface area contributed by atoms with E-state index in [1.165, 1.54) is 32.1 Å². The van der Waals surface area contributed by atoms with Gasteiger partial charge in [0.1, 0.15) is 0 Å². The van der Waals surface area contributed by atoms with Crippen LogP contribution >= 0.6 is 11.6 Å². The topological polar surface area (TPSA) is 26.3 Å². The van der Waals surface area contributed by atoms with Crippen LogP contribution in [0.25, 0.3) is 0 Å². The fourth-order valence-corrected chi connectivity index (χ4v) is 4.18. The average molecular weight is 273 g/mol. The van der Waals surface area contributed by atoms with E-state index in [9.17, 15) is 4.79 Å². The Morgan fingerprint density at radius 2 is 2.17 bits per heavy atom. The van der Waals surface area contributed by atoms with Gasteiger partial charge in [-0.05, 0) is 43.9 Å². The molecule has 2 rings (SSSR count). The number of methoxy groups -OCH3 is 1. The van der Waals surface area contributed by atoms with Crippen LogP contribution in [-0.2, 0) is 9.53 Å². The van der Waals surface area contributed by atoms with Gasteiger partial charge in [0.25, 0.3) is 0 Å². The van der Waals surface area contributed by atoms with Gasteiger partial charge < -0.3 is 4.74 Å². The van der Waals surface area contributed by atoms with E-state index in [1.807, 2.05) is 0 Å². The van der Waals surface area contributed by atoms with E-state index in [4.69, 9.17) is 16.3 Å². The highest BCUT2D eigenvalue weighted by molar-refractivity contribution is 6.34. The van der Waals surface area contributed by atoms with Crippen molar-refractivity contribution in [2.75, 3.05) is 7.11 Å². The Bertz CT molecular complexity index is 288. The van der Waals surface area contributed by atoms with Gasteiger partial charge in [-0.15, -0.1) is 11.6 Å². The number of halogens is 1. The first kappa shape index (κ1) is 14.3. The molecule has 5 atom stereocenters. The lowest BCUT2D eigenvalue weighted by Gasteiger charge is -2.37. The van der Waals surface area contributed by atoms with E-state index in [0.29, 0.717) is 29.6 Å². The van der Waals surface area contributed by atoms with Crippen molar-refractivity contribution < 1.29 is 9.53 Å². The lowest BCUT2D eigenvalue weighted by molar-refractivity contribution is -0.133. The summed E-state index contributed by atoms with van der Waals surface area (Å²) in [5.41, 5.74) is 0. The van der Waals surface area contributed by atoms with Crippen molar-refractivity contribution in [1.82, 2.24) is 0 Å². The van der Waals surface area contributed by atoms with Crippen molar-refractivity contribution in [3.8, 4) is 0 Å². The van der Waals surface area contributed by atoms with Crippen molar-refractivity contribution in [3.05, 3.63) is 0 Å². The van der Waals surface area contributed by atoms with E-state index in [0.717, 1.165) is 12.8 Å². The summed E-state index contributed by atoms with van der Waals surface area (Å²) in [5.74, 6) is 1.77. The molecule has 0 aromatic carbocycles. The standard InChI is InChI=1S/C15H25ClO2/c1-3-11(18-2)7-5-4-6-10-8-9-12-13(10)15(17)14(12)16/h10-14H,3-9H2,1-2H3. The summed E-state index contributed by atoms with van der Waals surface area (Å²) in [7, 11) is 1.80. The third kappa shape index (κ3) is 2.75. The van der Waals surface area contributed by atoms with Gasteiger partial charge in [-0.2, -0.15) is 0 Å². The molecule has 0 radical (unpaired) electrons. The maximum Gasteiger partial charge on any atom is 0.154 e. The summed E-state index contributed by atoms with van der Waals surface area (Å²) in [6.07, 6.45) is 8.70. The van der Waals surface area contributed by atoms with Gasteiger partial charge in [0.2, 0.25) is 0 Å². The van der Waals surface area contributed by atoms with Crippen LogP contribution in [0.3, 0.4) is 0 Å². The predicted molar refractivity (Wildman–Crippen MR) is 73.9 cm³/mol. The maximum absolute atomic E-state index is 11.7. The van der Waals surface area contributed by atoms with E-state index < -0.39 is 0 Å². The van der Waals surface area contributed by atoms with Gasteiger partial charge in [-0.3, -0.25) is 4.79 Å². The fraction of sp³-hybridized carbons (Fsp3) is 0.933. The molecule has 2 nitrogen and oxygen atoms in total. The molecule has 18 heavy (non-hydrogen) atoms. The number of ether oxygens (including phenoxy) is 1. The van der Waals surface area contributed by atoms with Gasteiger partial charge in [0, 0.05) is 13.0 Å². The summed E-state index contributed by atoms with van der Waals surface area (Å²) in [6.45, 7) is 2.17. The van der Waals surface area contributed by atoms with Crippen LogP contribution in [0.2, 0.25) is 0 Å². The molecule has 0 amide bonds. The van der Waals surface area contributed by atoms with Crippen LogP contribution in [0, 0.1) is 17.8 Å². The summed E-state index contributed by atoms with van der Waals surface area (Å²) < 4.78 is 5.38. The van der Waals surface area contributed by atoms with Gasteiger partial charge in [0.15, 0.2) is 5.78 Å². The van der Waals surface area contributed by atoms with Gasteiger partial charge in [-0.25, -0.2) is 0 Å². The molecule has 2 aliphatic carbocycles. The number of carbonyl (C=O) groups is 1. The zero-order valence-corrected chi connectivity index (χ0v) is 12.3. The molecule has 3 heteroatoms. The van der Waals surface area contributed by atoms with Crippen LogP contribution in [0.1, 0.15) is 51.9 Å². The minimum Gasteiger partial charge on any atom is -0.381 e. The molecule has 0 heterocycles. The van der Waals surface area contributed by atoms with Crippen molar-refractivity contribution in [2.45, 2.75) is 63.4 Å². The highest BCUT2D eigenvalue weighted by atomic mass is 35.5. The molecule has 2 aliphatic rings. The number of carbonyl (C=O) groups excluding carboxylic acids is 1. The molecule has 0 saturated heterocycles. The molecular weight excluding hydrogens is 248 g/mol. The number of hydrogen-bond acceptors (Lipinski definition) is 2. The molecule has 2 fully saturated rings. The van der Waals surface area contributed by atoms with Crippen molar-refractivity contribution in [1.29, 1.82) is 0 Å². The second-order valence-electron chi connectivity index (χ2n) is 5.88. The second kappa shape index (κ2) is 6.38. The van der Waals surface area contributed by atoms with Gasteiger partial charge >= 0.3 is 0 Å². The molecule has 0 N–H and O–H groups in total.